The molecule has 0 heterocycles. The summed E-state index contributed by atoms with van der Waals surface area (Å²) in [6.45, 7) is 0.837. The molecule has 62 valence electrons. The molecule has 1 unspecified atom stereocenters. The molecular weight excluding hydrogens is 160 g/mol. The average Bonchev–Trinajstić information content (AvgIpc) is 1.85. The van der Waals surface area contributed by atoms with Gasteiger partial charge in [0.1, 0.15) is 0 Å². The van der Waals surface area contributed by atoms with Crippen LogP contribution in [0.4, 0.5) is 0 Å². The van der Waals surface area contributed by atoms with Crippen molar-refractivity contribution in [2.24, 2.45) is 0 Å². The second-order valence-electron chi connectivity index (χ2n) is 1.51. The number of hydrogen-bond acceptors (Lipinski definition) is 3. The standard InChI is InChI=1S/C3H7ClO2.C2H4O2/c4-1-3(6)2-5;1-2(3)4/h3,5-6H,1-2H2;1H3,(H,3,4). The minimum atomic E-state index is -0.833. The van der Waals surface area contributed by atoms with Gasteiger partial charge in [0.25, 0.3) is 5.97 Å². The van der Waals surface area contributed by atoms with E-state index < -0.39 is 12.1 Å². The highest BCUT2D eigenvalue weighted by atomic mass is 35.5. The second-order valence-corrected chi connectivity index (χ2v) is 1.82. The van der Waals surface area contributed by atoms with Crippen molar-refractivity contribution in [3.8, 4) is 0 Å². The monoisotopic (exact) mass is 170 g/mol. The van der Waals surface area contributed by atoms with Crippen LogP contribution in [0.2, 0.25) is 0 Å². The van der Waals surface area contributed by atoms with Crippen LogP contribution < -0.4 is 0 Å². The molecule has 0 aliphatic heterocycles. The molecule has 0 fully saturated rings. The van der Waals surface area contributed by atoms with Crippen molar-refractivity contribution in [2.75, 3.05) is 12.5 Å². The van der Waals surface area contributed by atoms with Crippen LogP contribution in [0, 0.1) is 0 Å². The number of aliphatic hydroxyl groups is 2. The van der Waals surface area contributed by atoms with Crippen LogP contribution in [0.25, 0.3) is 0 Å². The van der Waals surface area contributed by atoms with E-state index in [1.807, 2.05) is 0 Å². The molecule has 0 aliphatic rings. The van der Waals surface area contributed by atoms with Gasteiger partial charge in [0.2, 0.25) is 0 Å². The van der Waals surface area contributed by atoms with E-state index in [9.17, 15) is 0 Å². The van der Waals surface area contributed by atoms with E-state index >= 15 is 0 Å². The maximum absolute atomic E-state index is 9.00. The molecule has 0 spiro atoms. The van der Waals surface area contributed by atoms with Crippen LogP contribution >= 0.6 is 11.6 Å². The number of aliphatic carboxylic acids is 1. The first-order valence-electron chi connectivity index (χ1n) is 2.59. The fraction of sp³-hybridized carbons (Fsp3) is 0.800. The van der Waals surface area contributed by atoms with Gasteiger partial charge in [-0.05, 0) is 0 Å². The van der Waals surface area contributed by atoms with E-state index in [4.69, 9.17) is 31.7 Å². The van der Waals surface area contributed by atoms with Crippen LogP contribution in [0.15, 0.2) is 0 Å². The molecule has 4 nitrogen and oxygen atoms in total. The third-order valence-corrected chi connectivity index (χ3v) is 0.745. The van der Waals surface area contributed by atoms with E-state index in [1.165, 1.54) is 0 Å². The van der Waals surface area contributed by atoms with Gasteiger partial charge in [-0.1, -0.05) is 0 Å². The molecular formula is C5H11ClO4. The van der Waals surface area contributed by atoms with Crippen LogP contribution in [-0.4, -0.2) is 39.9 Å². The summed E-state index contributed by atoms with van der Waals surface area (Å²) in [5, 5.41) is 23.7. The summed E-state index contributed by atoms with van der Waals surface area (Å²) in [6.07, 6.45) is -0.744. The average molecular weight is 171 g/mol. The van der Waals surface area contributed by atoms with Crippen molar-refractivity contribution in [3.05, 3.63) is 0 Å². The van der Waals surface area contributed by atoms with Gasteiger partial charge >= 0.3 is 0 Å². The second kappa shape index (κ2) is 8.68. The molecule has 3 N–H and O–H groups in total. The molecule has 0 radical (unpaired) electrons. The Kier molecular flexibility index (Phi) is 10.7. The lowest BCUT2D eigenvalue weighted by Gasteiger charge is -1.95. The summed E-state index contributed by atoms with van der Waals surface area (Å²) in [5.41, 5.74) is 0. The summed E-state index contributed by atoms with van der Waals surface area (Å²) in [7, 11) is 0. The summed E-state index contributed by atoms with van der Waals surface area (Å²) in [4.78, 5) is 9.00. The number of hydrogen-bond donors (Lipinski definition) is 3. The van der Waals surface area contributed by atoms with E-state index in [1.54, 1.807) is 0 Å². The van der Waals surface area contributed by atoms with Gasteiger partial charge in [0, 0.05) is 6.92 Å². The Labute approximate surface area is 64.1 Å². The Morgan fingerprint density at radius 2 is 2.00 bits per heavy atom. The maximum atomic E-state index is 9.00. The molecule has 0 aliphatic carbocycles. The number of alkyl halides is 1. The molecule has 10 heavy (non-hydrogen) atoms. The van der Waals surface area contributed by atoms with E-state index in [2.05, 4.69) is 0 Å². The summed E-state index contributed by atoms with van der Waals surface area (Å²) in [6, 6.07) is 0. The van der Waals surface area contributed by atoms with Gasteiger partial charge in [-0.2, -0.15) is 0 Å². The van der Waals surface area contributed by atoms with Crippen molar-refractivity contribution >= 4 is 17.6 Å². The Morgan fingerprint density at radius 3 is 2.00 bits per heavy atom. The molecule has 0 amide bonds. The fourth-order valence-electron chi connectivity index (χ4n) is 0.0488. The molecule has 0 saturated heterocycles. The zero-order valence-corrected chi connectivity index (χ0v) is 6.38. The van der Waals surface area contributed by atoms with Gasteiger partial charge in [-0.3, -0.25) is 4.79 Å². The van der Waals surface area contributed by atoms with E-state index in [-0.39, 0.29) is 12.5 Å². The Bertz CT molecular complexity index is 77.7. The van der Waals surface area contributed by atoms with Gasteiger partial charge < -0.3 is 15.3 Å². The molecule has 1 atom stereocenters. The minimum Gasteiger partial charge on any atom is -0.481 e. The Balaban J connectivity index is 0. The number of carboxylic acid groups (broad SMARTS) is 1. The molecule has 0 aromatic rings. The SMILES string of the molecule is CC(=O)O.OCC(O)CCl. The Morgan fingerprint density at radius 1 is 1.70 bits per heavy atom. The van der Waals surface area contributed by atoms with Crippen molar-refractivity contribution in [1.29, 1.82) is 0 Å². The molecule has 0 aromatic carbocycles. The normalized spacial score (nSPS) is 11.2. The summed E-state index contributed by atoms with van der Waals surface area (Å²) in [5.74, 6) is -0.726. The highest BCUT2D eigenvalue weighted by Gasteiger charge is 1.94. The number of rotatable bonds is 2. The highest BCUT2D eigenvalue weighted by molar-refractivity contribution is 6.18. The highest BCUT2D eigenvalue weighted by Crippen LogP contribution is 1.81. The largest absolute Gasteiger partial charge is 0.481 e. The minimum absolute atomic E-state index is 0.108. The first-order valence-corrected chi connectivity index (χ1v) is 3.12. The molecule has 0 aromatic heterocycles. The lowest BCUT2D eigenvalue weighted by molar-refractivity contribution is -0.134. The van der Waals surface area contributed by atoms with Crippen LogP contribution in [0.3, 0.4) is 0 Å². The lowest BCUT2D eigenvalue weighted by Crippen LogP contribution is -2.12. The van der Waals surface area contributed by atoms with Crippen LogP contribution in [0.5, 0.6) is 0 Å². The number of halogens is 1. The third kappa shape index (κ3) is 25.3. The zero-order chi connectivity index (χ0) is 8.57. The lowest BCUT2D eigenvalue weighted by atomic mass is 10.5. The predicted molar refractivity (Wildman–Crippen MR) is 37.1 cm³/mol. The molecule has 0 rings (SSSR count). The van der Waals surface area contributed by atoms with Crippen molar-refractivity contribution in [2.45, 2.75) is 13.0 Å². The maximum Gasteiger partial charge on any atom is 0.300 e. The summed E-state index contributed by atoms with van der Waals surface area (Å²) >= 11 is 5.04. The van der Waals surface area contributed by atoms with E-state index in [0.717, 1.165) is 6.92 Å². The number of carboxylic acids is 1. The Hall–Kier alpha value is -0.320. The van der Waals surface area contributed by atoms with Crippen molar-refractivity contribution in [1.82, 2.24) is 0 Å². The molecule has 0 bridgehead atoms. The fourth-order valence-corrected chi connectivity index (χ4v) is 0.146. The van der Waals surface area contributed by atoms with E-state index in [0.29, 0.717) is 0 Å². The quantitative estimate of drug-likeness (QED) is 0.496. The zero-order valence-electron chi connectivity index (χ0n) is 5.62. The molecule has 5 heteroatoms. The summed E-state index contributed by atoms with van der Waals surface area (Å²) < 4.78 is 0. The number of carbonyl (C=O) groups is 1. The van der Waals surface area contributed by atoms with Gasteiger partial charge in [-0.25, -0.2) is 0 Å². The van der Waals surface area contributed by atoms with Gasteiger partial charge in [0.05, 0.1) is 18.6 Å². The van der Waals surface area contributed by atoms with Crippen molar-refractivity contribution in [3.63, 3.8) is 0 Å². The van der Waals surface area contributed by atoms with Crippen LogP contribution in [-0.2, 0) is 4.79 Å². The van der Waals surface area contributed by atoms with Gasteiger partial charge in [0.15, 0.2) is 0 Å². The first-order chi connectivity index (χ1) is 4.54. The number of aliphatic hydroxyl groups excluding tert-OH is 2. The topological polar surface area (TPSA) is 77.8 Å². The van der Waals surface area contributed by atoms with Gasteiger partial charge in [-0.15, -0.1) is 11.6 Å². The smallest absolute Gasteiger partial charge is 0.300 e. The van der Waals surface area contributed by atoms with Crippen LogP contribution in [0.1, 0.15) is 6.92 Å². The third-order valence-electron chi connectivity index (χ3n) is 0.389. The first kappa shape index (κ1) is 12.4. The van der Waals surface area contributed by atoms with Crippen molar-refractivity contribution < 1.29 is 20.1 Å². The predicted octanol–water partition coefficient (Wildman–Crippen LogP) is -0.331. The molecule has 0 saturated carbocycles.